The molecule has 160 valence electrons. The lowest BCUT2D eigenvalue weighted by Gasteiger charge is -2.35. The molecule has 1 amide bonds. The Labute approximate surface area is 182 Å². The number of anilines is 1. The van der Waals surface area contributed by atoms with E-state index in [-0.39, 0.29) is 24.5 Å². The Morgan fingerprint density at radius 3 is 2.42 bits per heavy atom. The van der Waals surface area contributed by atoms with Gasteiger partial charge < -0.3 is 14.5 Å². The predicted molar refractivity (Wildman–Crippen MR) is 122 cm³/mol. The van der Waals surface area contributed by atoms with Crippen LogP contribution in [-0.4, -0.2) is 54.9 Å². The number of fused-ring (bicyclic) bond motifs is 1. The van der Waals surface area contributed by atoms with Crippen LogP contribution in [0.3, 0.4) is 0 Å². The highest BCUT2D eigenvalue weighted by atomic mass is 16.5. The first-order valence-corrected chi connectivity index (χ1v) is 10.6. The van der Waals surface area contributed by atoms with Crippen molar-refractivity contribution in [1.29, 1.82) is 0 Å². The van der Waals surface area contributed by atoms with Crippen molar-refractivity contribution in [2.75, 3.05) is 38.2 Å². The van der Waals surface area contributed by atoms with Crippen molar-refractivity contribution in [3.63, 3.8) is 0 Å². The number of para-hydroxylation sites is 1. The number of benzene rings is 2. The van der Waals surface area contributed by atoms with Crippen LogP contribution >= 0.6 is 0 Å². The Morgan fingerprint density at radius 2 is 1.71 bits per heavy atom. The number of pyridine rings is 1. The number of carbonyl (C=O) groups is 2. The smallest absolute Gasteiger partial charge is 0.223 e. The molecule has 3 aromatic rings. The molecule has 31 heavy (non-hydrogen) atoms. The number of carbonyl (C=O) groups excluding carboxylic acids is 2. The van der Waals surface area contributed by atoms with E-state index >= 15 is 0 Å². The summed E-state index contributed by atoms with van der Waals surface area (Å²) in [4.78, 5) is 33.8. The van der Waals surface area contributed by atoms with E-state index in [1.165, 1.54) is 0 Å². The number of methoxy groups -OCH3 is 1. The molecule has 0 unspecified atom stereocenters. The molecule has 2 heterocycles. The van der Waals surface area contributed by atoms with E-state index in [9.17, 15) is 9.59 Å². The summed E-state index contributed by atoms with van der Waals surface area (Å²) in [5.41, 5.74) is 2.67. The molecule has 1 fully saturated rings. The monoisotopic (exact) mass is 417 g/mol. The van der Waals surface area contributed by atoms with Crippen LogP contribution in [0, 0.1) is 6.92 Å². The van der Waals surface area contributed by atoms with Crippen molar-refractivity contribution in [2.45, 2.75) is 19.8 Å². The van der Waals surface area contributed by atoms with E-state index < -0.39 is 0 Å². The van der Waals surface area contributed by atoms with Gasteiger partial charge in [0.2, 0.25) is 5.91 Å². The Morgan fingerprint density at radius 1 is 0.968 bits per heavy atom. The SMILES string of the molecule is COc1cccc2c(C)cc(N3CCN(C(=O)CCC(=O)c4ccccc4)CC3)nc12. The van der Waals surface area contributed by atoms with E-state index in [2.05, 4.69) is 24.0 Å². The van der Waals surface area contributed by atoms with Gasteiger partial charge in [-0.05, 0) is 24.6 Å². The molecule has 0 bridgehead atoms. The number of hydrogen-bond donors (Lipinski definition) is 0. The average Bonchev–Trinajstić information content (AvgIpc) is 2.82. The molecule has 0 spiro atoms. The summed E-state index contributed by atoms with van der Waals surface area (Å²) >= 11 is 0. The van der Waals surface area contributed by atoms with Crippen LogP contribution in [0.15, 0.2) is 54.6 Å². The van der Waals surface area contributed by atoms with Crippen LogP contribution in [0.25, 0.3) is 10.9 Å². The third-order valence-electron chi connectivity index (χ3n) is 5.83. The summed E-state index contributed by atoms with van der Waals surface area (Å²) in [6.45, 7) is 4.76. The predicted octanol–water partition coefficient (Wildman–Crippen LogP) is 3.86. The normalized spacial score (nSPS) is 14.0. The maximum atomic E-state index is 12.6. The van der Waals surface area contributed by atoms with Crippen molar-refractivity contribution in [3.05, 3.63) is 65.7 Å². The van der Waals surface area contributed by atoms with Gasteiger partial charge in [-0.1, -0.05) is 42.5 Å². The van der Waals surface area contributed by atoms with Crippen LogP contribution in [0.2, 0.25) is 0 Å². The number of ether oxygens (including phenoxy) is 1. The summed E-state index contributed by atoms with van der Waals surface area (Å²) in [6, 6.07) is 17.2. The van der Waals surface area contributed by atoms with Crippen molar-refractivity contribution < 1.29 is 14.3 Å². The molecule has 4 rings (SSSR count). The van der Waals surface area contributed by atoms with Crippen LogP contribution in [0.4, 0.5) is 5.82 Å². The summed E-state index contributed by atoms with van der Waals surface area (Å²) in [7, 11) is 1.66. The van der Waals surface area contributed by atoms with E-state index in [0.29, 0.717) is 31.7 Å². The number of nitrogens with zero attached hydrogens (tertiary/aromatic N) is 3. The maximum absolute atomic E-state index is 12.6. The molecular weight excluding hydrogens is 390 g/mol. The van der Waals surface area contributed by atoms with E-state index in [1.807, 2.05) is 35.2 Å². The first-order valence-electron chi connectivity index (χ1n) is 10.6. The first kappa shape index (κ1) is 20.8. The van der Waals surface area contributed by atoms with Gasteiger partial charge in [-0.15, -0.1) is 0 Å². The van der Waals surface area contributed by atoms with Gasteiger partial charge >= 0.3 is 0 Å². The lowest BCUT2D eigenvalue weighted by atomic mass is 10.1. The minimum absolute atomic E-state index is 0.0115. The second kappa shape index (κ2) is 9.16. The number of aromatic nitrogens is 1. The number of amides is 1. The largest absolute Gasteiger partial charge is 0.494 e. The molecule has 0 N–H and O–H groups in total. The average molecular weight is 418 g/mol. The lowest BCUT2D eigenvalue weighted by molar-refractivity contribution is -0.131. The number of rotatable bonds is 6. The lowest BCUT2D eigenvalue weighted by Crippen LogP contribution is -2.49. The van der Waals surface area contributed by atoms with E-state index in [4.69, 9.17) is 9.72 Å². The van der Waals surface area contributed by atoms with Crippen LogP contribution in [0.1, 0.15) is 28.8 Å². The van der Waals surface area contributed by atoms with Crippen molar-refractivity contribution in [3.8, 4) is 5.75 Å². The topological polar surface area (TPSA) is 62.7 Å². The fraction of sp³-hybridized carbons (Fsp3) is 0.320. The number of Topliss-reactive ketones (excluding diaryl/α,β-unsaturated/α-hetero) is 1. The number of hydrogen-bond acceptors (Lipinski definition) is 5. The fourth-order valence-electron chi connectivity index (χ4n) is 4.03. The molecule has 1 aliphatic rings. The summed E-state index contributed by atoms with van der Waals surface area (Å²) in [5.74, 6) is 1.71. The molecule has 6 heteroatoms. The van der Waals surface area contributed by atoms with Gasteiger partial charge in [0.25, 0.3) is 0 Å². The van der Waals surface area contributed by atoms with Gasteiger partial charge in [0, 0.05) is 50.0 Å². The standard InChI is InChI=1S/C25H27N3O3/c1-18-17-23(26-25-20(18)9-6-10-22(25)31-2)27-13-15-28(16-14-27)24(30)12-11-21(29)19-7-4-3-5-8-19/h3-10,17H,11-16H2,1-2H3. The van der Waals surface area contributed by atoms with Crippen LogP contribution < -0.4 is 9.64 Å². The Hall–Kier alpha value is -3.41. The van der Waals surface area contributed by atoms with Gasteiger partial charge in [0.15, 0.2) is 5.78 Å². The highest BCUT2D eigenvalue weighted by Crippen LogP contribution is 2.29. The summed E-state index contributed by atoms with van der Waals surface area (Å²) < 4.78 is 5.49. The van der Waals surface area contributed by atoms with Crippen molar-refractivity contribution >= 4 is 28.4 Å². The number of piperazine rings is 1. The van der Waals surface area contributed by atoms with E-state index in [1.54, 1.807) is 19.2 Å². The molecule has 0 saturated carbocycles. The molecule has 2 aromatic carbocycles. The molecule has 1 aromatic heterocycles. The molecule has 0 aliphatic carbocycles. The summed E-state index contributed by atoms with van der Waals surface area (Å²) in [5, 5.41) is 1.08. The molecule has 0 atom stereocenters. The zero-order valence-corrected chi connectivity index (χ0v) is 18.0. The third-order valence-corrected chi connectivity index (χ3v) is 5.83. The molecule has 0 radical (unpaired) electrons. The van der Waals surface area contributed by atoms with Gasteiger partial charge in [0.1, 0.15) is 17.1 Å². The van der Waals surface area contributed by atoms with Crippen LogP contribution in [0.5, 0.6) is 5.75 Å². The quantitative estimate of drug-likeness (QED) is 0.570. The molecular formula is C25H27N3O3. The Balaban J connectivity index is 1.37. The Bertz CT molecular complexity index is 1090. The van der Waals surface area contributed by atoms with Gasteiger partial charge in [-0.25, -0.2) is 4.98 Å². The second-order valence-corrected chi connectivity index (χ2v) is 7.81. The highest BCUT2D eigenvalue weighted by Gasteiger charge is 2.23. The first-order chi connectivity index (χ1) is 15.1. The maximum Gasteiger partial charge on any atom is 0.223 e. The molecule has 1 aliphatic heterocycles. The van der Waals surface area contributed by atoms with E-state index in [0.717, 1.165) is 28.0 Å². The van der Waals surface area contributed by atoms with Gasteiger partial charge in [-0.2, -0.15) is 0 Å². The van der Waals surface area contributed by atoms with Crippen molar-refractivity contribution in [2.24, 2.45) is 0 Å². The fourth-order valence-corrected chi connectivity index (χ4v) is 4.03. The Kier molecular flexibility index (Phi) is 6.16. The number of ketones is 1. The zero-order valence-electron chi connectivity index (χ0n) is 18.0. The molecule has 1 saturated heterocycles. The van der Waals surface area contributed by atoms with Gasteiger partial charge in [-0.3, -0.25) is 9.59 Å². The molecule has 6 nitrogen and oxygen atoms in total. The highest BCUT2D eigenvalue weighted by molar-refractivity contribution is 5.98. The second-order valence-electron chi connectivity index (χ2n) is 7.81. The third kappa shape index (κ3) is 4.53. The minimum atomic E-state index is 0.0115. The van der Waals surface area contributed by atoms with Gasteiger partial charge in [0.05, 0.1) is 7.11 Å². The van der Waals surface area contributed by atoms with Crippen molar-refractivity contribution in [1.82, 2.24) is 9.88 Å². The summed E-state index contributed by atoms with van der Waals surface area (Å²) in [6.07, 6.45) is 0.493. The minimum Gasteiger partial charge on any atom is -0.494 e. The number of aryl methyl sites for hydroxylation is 1. The van der Waals surface area contributed by atoms with Crippen LogP contribution in [-0.2, 0) is 4.79 Å². The zero-order chi connectivity index (χ0) is 21.8.